The number of anilines is 1. The normalized spacial score (nSPS) is 16.5. The Morgan fingerprint density at radius 2 is 1.88 bits per heavy atom. The molecule has 8 nitrogen and oxygen atoms in total. The predicted molar refractivity (Wildman–Crippen MR) is 136 cm³/mol. The van der Waals surface area contributed by atoms with Crippen molar-refractivity contribution in [3.8, 4) is 11.1 Å². The summed E-state index contributed by atoms with van der Waals surface area (Å²) in [6.45, 7) is 1.98. The molecule has 2 aliphatic carbocycles. The lowest BCUT2D eigenvalue weighted by atomic mass is 9.93. The Balaban J connectivity index is 1.08. The van der Waals surface area contributed by atoms with Crippen molar-refractivity contribution in [2.75, 3.05) is 5.32 Å². The van der Waals surface area contributed by atoms with Gasteiger partial charge in [-0.2, -0.15) is 18.3 Å². The number of hydrogen-bond acceptors (Lipinski definition) is 6. The maximum absolute atomic E-state index is 14.9. The van der Waals surface area contributed by atoms with Gasteiger partial charge in [-0.05, 0) is 56.2 Å². The summed E-state index contributed by atoms with van der Waals surface area (Å²) in [4.78, 5) is 21.3. The first-order valence-electron chi connectivity index (χ1n) is 13.1. The molecule has 0 saturated heterocycles. The molecular weight excluding hydrogens is 528 g/mol. The van der Waals surface area contributed by atoms with E-state index < -0.39 is 23.3 Å². The van der Waals surface area contributed by atoms with Crippen molar-refractivity contribution in [1.82, 2.24) is 24.9 Å². The maximum atomic E-state index is 14.9. The van der Waals surface area contributed by atoms with Gasteiger partial charge in [-0.3, -0.25) is 9.48 Å². The molecule has 1 amide bonds. The maximum Gasteiger partial charge on any atom is 0.401 e. The molecule has 0 aliphatic heterocycles. The molecule has 1 N–H and O–H groups in total. The van der Waals surface area contributed by atoms with E-state index in [2.05, 4.69) is 31.7 Å². The van der Waals surface area contributed by atoms with E-state index >= 15 is 0 Å². The first kappa shape index (κ1) is 26.1. The van der Waals surface area contributed by atoms with Crippen LogP contribution in [0.3, 0.4) is 0 Å². The van der Waals surface area contributed by atoms with Gasteiger partial charge in [0.05, 0.1) is 18.2 Å². The summed E-state index contributed by atoms with van der Waals surface area (Å²) in [5, 5.41) is 10.5. The molecule has 40 heavy (non-hydrogen) atoms. The number of aromatic nitrogens is 5. The monoisotopic (exact) mass is 554 g/mol. The topological polar surface area (TPSA) is 98.7 Å². The number of aryl methyl sites for hydroxylation is 1. The molecule has 2 aliphatic rings. The molecule has 0 bridgehead atoms. The second-order valence-electron chi connectivity index (χ2n) is 10.6. The first-order valence-corrected chi connectivity index (χ1v) is 13.1. The van der Waals surface area contributed by atoms with Crippen LogP contribution in [-0.2, 0) is 23.1 Å². The Morgan fingerprint density at radius 3 is 2.50 bits per heavy atom. The average Bonchev–Trinajstić information content (AvgIpc) is 3.46. The highest BCUT2D eigenvalue weighted by Crippen LogP contribution is 2.59. The summed E-state index contributed by atoms with van der Waals surface area (Å²) in [7, 11) is 0. The molecule has 3 heterocycles. The van der Waals surface area contributed by atoms with E-state index in [9.17, 15) is 22.4 Å². The second-order valence-corrected chi connectivity index (χ2v) is 10.6. The van der Waals surface area contributed by atoms with Crippen LogP contribution < -0.4 is 5.32 Å². The minimum Gasteiger partial charge on any atom is -0.358 e. The zero-order chi connectivity index (χ0) is 28.1. The molecule has 4 aromatic rings. The Morgan fingerprint density at radius 1 is 1.12 bits per heavy atom. The van der Waals surface area contributed by atoms with Crippen molar-refractivity contribution < 1.29 is 26.9 Å². The fraction of sp³-hybridized carbons (Fsp3) is 0.393. The van der Waals surface area contributed by atoms with Gasteiger partial charge < -0.3 is 9.84 Å². The van der Waals surface area contributed by atoms with Gasteiger partial charge in [-0.15, -0.1) is 0 Å². The lowest BCUT2D eigenvalue weighted by molar-refractivity contribution is -0.165. The standard InChI is InChI=1S/C28H26F4N6O2/c1-16-19(15-38(36-16)21-3-2-4-21)10-24-33-13-20(14-34-24)17-5-6-18(22(29)9-17)11-26(39)35-25-12-23(40-37-25)27(7-8-27)28(30,31)32/h5-6,9,12-15,21H,2-4,7-8,10-11H2,1H3,(H,35,37,39). The van der Waals surface area contributed by atoms with Crippen LogP contribution in [0.25, 0.3) is 11.1 Å². The number of nitrogens with one attached hydrogen (secondary N) is 1. The summed E-state index contributed by atoms with van der Waals surface area (Å²) < 4.78 is 61.6. The molecule has 0 radical (unpaired) electrons. The molecule has 0 spiro atoms. The molecule has 2 saturated carbocycles. The Kier molecular flexibility index (Phi) is 6.42. The van der Waals surface area contributed by atoms with Crippen molar-refractivity contribution in [2.45, 2.75) is 69.5 Å². The van der Waals surface area contributed by atoms with E-state index in [0.717, 1.165) is 30.2 Å². The SMILES string of the molecule is Cc1nn(C2CCC2)cc1Cc1ncc(-c2ccc(CC(=O)Nc3cc(C4(C(F)(F)F)CC4)on3)c(F)c2)cn1. The van der Waals surface area contributed by atoms with Gasteiger partial charge in [0.15, 0.2) is 11.6 Å². The van der Waals surface area contributed by atoms with Crippen LogP contribution in [-0.4, -0.2) is 37.0 Å². The number of benzene rings is 1. The van der Waals surface area contributed by atoms with Crippen LogP contribution in [0.5, 0.6) is 0 Å². The van der Waals surface area contributed by atoms with Crippen molar-refractivity contribution in [3.05, 3.63) is 77.1 Å². The molecule has 0 unspecified atom stereocenters. The molecule has 208 valence electrons. The number of carbonyl (C=O) groups is 1. The second kappa shape index (κ2) is 9.83. The number of nitrogens with zero attached hydrogens (tertiary/aromatic N) is 5. The molecule has 0 atom stereocenters. The van der Waals surface area contributed by atoms with Crippen molar-refractivity contribution in [1.29, 1.82) is 0 Å². The Bertz CT molecular complexity index is 1550. The van der Waals surface area contributed by atoms with Crippen LogP contribution >= 0.6 is 0 Å². The van der Waals surface area contributed by atoms with Gasteiger partial charge in [0.2, 0.25) is 5.91 Å². The van der Waals surface area contributed by atoms with Crippen LogP contribution in [0.4, 0.5) is 23.4 Å². The highest BCUT2D eigenvalue weighted by molar-refractivity contribution is 5.91. The summed E-state index contributed by atoms with van der Waals surface area (Å²) in [5.41, 5.74) is 1.28. The predicted octanol–water partition coefficient (Wildman–Crippen LogP) is 5.87. The van der Waals surface area contributed by atoms with E-state index in [1.54, 1.807) is 18.5 Å². The highest BCUT2D eigenvalue weighted by Gasteiger charge is 2.66. The number of hydrogen-bond donors (Lipinski definition) is 1. The lowest BCUT2D eigenvalue weighted by Crippen LogP contribution is -2.28. The van der Waals surface area contributed by atoms with Crippen molar-refractivity contribution in [2.24, 2.45) is 0 Å². The van der Waals surface area contributed by atoms with Gasteiger partial charge in [-0.1, -0.05) is 17.3 Å². The van der Waals surface area contributed by atoms with Gasteiger partial charge >= 0.3 is 6.18 Å². The van der Waals surface area contributed by atoms with Crippen LogP contribution in [0.15, 0.2) is 47.4 Å². The molecule has 3 aromatic heterocycles. The van der Waals surface area contributed by atoms with Gasteiger partial charge in [0, 0.05) is 42.2 Å². The molecular formula is C28H26F4N6O2. The number of alkyl halides is 3. The van der Waals surface area contributed by atoms with E-state index in [4.69, 9.17) is 4.52 Å². The molecule has 1 aromatic carbocycles. The molecule has 12 heteroatoms. The average molecular weight is 555 g/mol. The van der Waals surface area contributed by atoms with E-state index in [1.165, 1.54) is 18.6 Å². The van der Waals surface area contributed by atoms with E-state index in [1.807, 2.05) is 11.6 Å². The first-order chi connectivity index (χ1) is 19.1. The minimum atomic E-state index is -4.46. The van der Waals surface area contributed by atoms with Gasteiger partial charge in [0.25, 0.3) is 0 Å². The van der Waals surface area contributed by atoms with Crippen molar-refractivity contribution >= 4 is 11.7 Å². The van der Waals surface area contributed by atoms with Crippen LogP contribution in [0.1, 0.15) is 66.6 Å². The van der Waals surface area contributed by atoms with Crippen molar-refractivity contribution in [3.63, 3.8) is 0 Å². The zero-order valence-corrected chi connectivity index (χ0v) is 21.6. The summed E-state index contributed by atoms with van der Waals surface area (Å²) in [6.07, 6.45) is 4.45. The van der Waals surface area contributed by atoms with Crippen LogP contribution in [0.2, 0.25) is 0 Å². The van der Waals surface area contributed by atoms with Gasteiger partial charge in [0.1, 0.15) is 17.1 Å². The summed E-state index contributed by atoms with van der Waals surface area (Å²) in [6, 6.07) is 5.98. The van der Waals surface area contributed by atoms with Crippen LogP contribution in [0, 0.1) is 12.7 Å². The minimum absolute atomic E-state index is 0.0872. The van der Waals surface area contributed by atoms with Gasteiger partial charge in [-0.25, -0.2) is 14.4 Å². The third-order valence-electron chi connectivity index (χ3n) is 7.80. The summed E-state index contributed by atoms with van der Waals surface area (Å²) in [5.74, 6) is -1.08. The number of amides is 1. The fourth-order valence-electron chi connectivity index (χ4n) is 4.88. The Labute approximate surface area is 226 Å². The molecule has 2 fully saturated rings. The lowest BCUT2D eigenvalue weighted by Gasteiger charge is -2.25. The highest BCUT2D eigenvalue weighted by atomic mass is 19.4. The quantitative estimate of drug-likeness (QED) is 0.274. The van der Waals surface area contributed by atoms with E-state index in [-0.39, 0.29) is 36.4 Å². The largest absolute Gasteiger partial charge is 0.401 e. The Hall–Kier alpha value is -4.09. The number of rotatable bonds is 8. The number of halogens is 4. The van der Waals surface area contributed by atoms with E-state index in [0.29, 0.717) is 29.4 Å². The smallest absolute Gasteiger partial charge is 0.358 e. The number of carbonyl (C=O) groups excluding carboxylic acids is 1. The fourth-order valence-corrected chi connectivity index (χ4v) is 4.88. The zero-order valence-electron chi connectivity index (χ0n) is 21.6. The summed E-state index contributed by atoms with van der Waals surface area (Å²) >= 11 is 0. The third kappa shape index (κ3) is 4.98. The molecule has 6 rings (SSSR count). The third-order valence-corrected chi connectivity index (χ3v) is 7.80.